The highest BCUT2D eigenvalue weighted by Gasteiger charge is 1.97. The number of nitrogen functional groups attached to an aromatic ring is 2. The van der Waals surface area contributed by atoms with Crippen molar-refractivity contribution in [3.63, 3.8) is 0 Å². The lowest BCUT2D eigenvalue weighted by Crippen LogP contribution is -1.87. The Hall–Kier alpha value is -2.70. The fourth-order valence-corrected chi connectivity index (χ4v) is 2.49. The molecule has 0 aliphatic heterocycles. The molecule has 122 valence electrons. The van der Waals surface area contributed by atoms with Crippen LogP contribution in [0.1, 0.15) is 0 Å². The van der Waals surface area contributed by atoms with E-state index in [1.807, 2.05) is 59.3 Å². The van der Waals surface area contributed by atoms with E-state index in [1.165, 1.54) is 0 Å². The van der Waals surface area contributed by atoms with E-state index in [9.17, 15) is 0 Å². The fourth-order valence-electron chi connectivity index (χ4n) is 1.79. The first-order valence-electron chi connectivity index (χ1n) is 7.11. The maximum atomic E-state index is 5.70. The molecule has 2 aromatic carbocycles. The summed E-state index contributed by atoms with van der Waals surface area (Å²) in [5.74, 6) is 0. The van der Waals surface area contributed by atoms with Gasteiger partial charge in [0, 0.05) is 34.5 Å². The molecule has 6 heteroatoms. The normalized spacial score (nSPS) is 9.17. The van der Waals surface area contributed by atoms with Gasteiger partial charge in [-0.3, -0.25) is 9.97 Å². The summed E-state index contributed by atoms with van der Waals surface area (Å²) in [5, 5.41) is 3.86. The molecule has 0 aliphatic rings. The molecule has 0 spiro atoms. The number of benzene rings is 2. The summed E-state index contributed by atoms with van der Waals surface area (Å²) in [6, 6.07) is 15.5. The molecular weight excluding hydrogens is 336 g/mol. The van der Waals surface area contributed by atoms with E-state index < -0.39 is 0 Å². The van der Waals surface area contributed by atoms with Gasteiger partial charge in [-0.2, -0.15) is 0 Å². The lowest BCUT2D eigenvalue weighted by atomic mass is 10.0. The van der Waals surface area contributed by atoms with Gasteiger partial charge < -0.3 is 11.5 Å². The number of hydrogen-bond acceptors (Lipinski definition) is 6. The van der Waals surface area contributed by atoms with E-state index >= 15 is 0 Å². The van der Waals surface area contributed by atoms with Crippen LogP contribution < -0.4 is 11.5 Å². The Balaban J connectivity index is 0.000000169. The Bertz CT molecular complexity index is 695. The lowest BCUT2D eigenvalue weighted by Gasteiger charge is -2.03. The summed E-state index contributed by atoms with van der Waals surface area (Å²) in [6.07, 6.45) is 3.54. The van der Waals surface area contributed by atoms with Crippen LogP contribution in [-0.4, -0.2) is 9.97 Å². The molecule has 4 N–H and O–H groups in total. The molecule has 4 rings (SSSR count). The summed E-state index contributed by atoms with van der Waals surface area (Å²) in [7, 11) is 0. The molecule has 2 heterocycles. The highest BCUT2D eigenvalue weighted by molar-refractivity contribution is 7.07. The molecule has 0 bridgehead atoms. The Morgan fingerprint density at radius 1 is 0.667 bits per heavy atom. The third kappa shape index (κ3) is 6.60. The molecule has 4 nitrogen and oxygen atoms in total. The van der Waals surface area contributed by atoms with Crippen LogP contribution in [0, 0.1) is 0 Å². The number of thiazole rings is 2. The zero-order valence-electron chi connectivity index (χ0n) is 12.9. The van der Waals surface area contributed by atoms with Gasteiger partial charge in [-0.1, -0.05) is 24.3 Å². The van der Waals surface area contributed by atoms with Crippen LogP contribution in [0.3, 0.4) is 0 Å². The molecule has 2 aromatic heterocycles. The van der Waals surface area contributed by atoms with Crippen molar-refractivity contribution < 1.29 is 0 Å². The molecule has 0 amide bonds. The third-order valence-corrected chi connectivity index (χ3v) is 3.85. The SMILES string of the molecule is Nc1cccc(-c2cccc(N)c2)c1.c1cscn1.c1cscn1. The number of nitrogens with zero attached hydrogens (tertiary/aromatic N) is 2. The maximum Gasteiger partial charge on any atom is 0.0791 e. The van der Waals surface area contributed by atoms with Crippen molar-refractivity contribution in [1.82, 2.24) is 9.97 Å². The zero-order valence-corrected chi connectivity index (χ0v) is 14.6. The van der Waals surface area contributed by atoms with Gasteiger partial charge in [0.1, 0.15) is 0 Å². The molecule has 0 radical (unpaired) electrons. The first-order valence-corrected chi connectivity index (χ1v) is 9.00. The van der Waals surface area contributed by atoms with E-state index in [0.29, 0.717) is 0 Å². The van der Waals surface area contributed by atoms with Gasteiger partial charge in [-0.05, 0) is 35.4 Å². The largest absolute Gasteiger partial charge is 0.399 e. The fraction of sp³-hybridized carbons (Fsp3) is 0. The molecule has 0 aliphatic carbocycles. The lowest BCUT2D eigenvalue weighted by molar-refractivity contribution is 1.43. The van der Waals surface area contributed by atoms with Gasteiger partial charge in [-0.15, -0.1) is 22.7 Å². The van der Waals surface area contributed by atoms with Crippen molar-refractivity contribution >= 4 is 34.0 Å². The topological polar surface area (TPSA) is 77.8 Å². The molecule has 0 unspecified atom stereocenters. The summed E-state index contributed by atoms with van der Waals surface area (Å²) >= 11 is 3.20. The molecule has 0 fully saturated rings. The van der Waals surface area contributed by atoms with Crippen LogP contribution in [0.4, 0.5) is 11.4 Å². The average molecular weight is 355 g/mol. The Kier molecular flexibility index (Phi) is 7.46. The number of hydrogen-bond donors (Lipinski definition) is 2. The average Bonchev–Trinajstić information content (AvgIpc) is 3.33. The number of rotatable bonds is 1. The highest BCUT2D eigenvalue weighted by Crippen LogP contribution is 2.22. The van der Waals surface area contributed by atoms with Crippen LogP contribution in [0.5, 0.6) is 0 Å². The van der Waals surface area contributed by atoms with Crippen LogP contribution in [0.2, 0.25) is 0 Å². The van der Waals surface area contributed by atoms with Crippen LogP contribution in [-0.2, 0) is 0 Å². The smallest absolute Gasteiger partial charge is 0.0791 e. The molecule has 0 saturated heterocycles. The number of anilines is 2. The Morgan fingerprint density at radius 2 is 1.12 bits per heavy atom. The van der Waals surface area contributed by atoms with Crippen LogP contribution in [0.25, 0.3) is 11.1 Å². The van der Waals surface area contributed by atoms with Crippen molar-refractivity contribution in [3.8, 4) is 11.1 Å². The molecule has 4 aromatic rings. The van der Waals surface area contributed by atoms with Crippen molar-refractivity contribution in [2.45, 2.75) is 0 Å². The molecule has 0 saturated carbocycles. The minimum Gasteiger partial charge on any atom is -0.399 e. The highest BCUT2D eigenvalue weighted by atomic mass is 32.1. The van der Waals surface area contributed by atoms with Crippen molar-refractivity contribution in [2.75, 3.05) is 11.5 Å². The third-order valence-electron chi connectivity index (χ3n) is 2.80. The van der Waals surface area contributed by atoms with Crippen molar-refractivity contribution in [3.05, 3.63) is 82.7 Å². The quantitative estimate of drug-likeness (QED) is 0.481. The van der Waals surface area contributed by atoms with Gasteiger partial charge in [-0.25, -0.2) is 0 Å². The molecule has 24 heavy (non-hydrogen) atoms. The molecular formula is C18H18N4S2. The second kappa shape index (κ2) is 10.1. The van der Waals surface area contributed by atoms with E-state index in [-0.39, 0.29) is 0 Å². The predicted octanol–water partition coefficient (Wildman–Crippen LogP) is 4.80. The summed E-state index contributed by atoms with van der Waals surface area (Å²) in [4.78, 5) is 7.48. The van der Waals surface area contributed by atoms with E-state index in [4.69, 9.17) is 11.5 Å². The second-order valence-corrected chi connectivity index (χ2v) is 6.11. The van der Waals surface area contributed by atoms with Gasteiger partial charge in [0.15, 0.2) is 0 Å². The van der Waals surface area contributed by atoms with Crippen molar-refractivity contribution in [1.29, 1.82) is 0 Å². The second-order valence-electron chi connectivity index (χ2n) is 4.60. The number of nitrogens with two attached hydrogens (primary N) is 2. The summed E-state index contributed by atoms with van der Waals surface area (Å²) in [5.41, 5.74) is 18.7. The summed E-state index contributed by atoms with van der Waals surface area (Å²) < 4.78 is 0. The van der Waals surface area contributed by atoms with Gasteiger partial charge in [0.25, 0.3) is 0 Å². The molecule has 0 atom stereocenters. The van der Waals surface area contributed by atoms with Gasteiger partial charge in [0.05, 0.1) is 11.0 Å². The monoisotopic (exact) mass is 354 g/mol. The van der Waals surface area contributed by atoms with Crippen LogP contribution >= 0.6 is 22.7 Å². The number of aromatic nitrogens is 2. The van der Waals surface area contributed by atoms with E-state index in [0.717, 1.165) is 22.5 Å². The van der Waals surface area contributed by atoms with E-state index in [2.05, 4.69) is 9.97 Å². The maximum absolute atomic E-state index is 5.70. The predicted molar refractivity (Wildman–Crippen MR) is 105 cm³/mol. The minimum absolute atomic E-state index is 0.768. The standard InChI is InChI=1S/C12H12N2.2C3H3NS/c13-11-5-1-3-9(7-11)10-4-2-6-12(14)8-10;2*1-2-5-3-4-1/h1-8H,13-14H2;2*1-3H. The van der Waals surface area contributed by atoms with Gasteiger partial charge in [0.2, 0.25) is 0 Å². The minimum atomic E-state index is 0.768. The van der Waals surface area contributed by atoms with Gasteiger partial charge >= 0.3 is 0 Å². The Labute approximate surface area is 149 Å². The first-order chi connectivity index (χ1) is 11.8. The van der Waals surface area contributed by atoms with Crippen LogP contribution in [0.15, 0.2) is 82.7 Å². The van der Waals surface area contributed by atoms with Crippen molar-refractivity contribution in [2.24, 2.45) is 0 Å². The van der Waals surface area contributed by atoms with E-state index in [1.54, 1.807) is 46.1 Å². The Morgan fingerprint density at radius 3 is 1.38 bits per heavy atom. The first kappa shape index (κ1) is 17.7. The summed E-state index contributed by atoms with van der Waals surface area (Å²) in [6.45, 7) is 0. The zero-order chi connectivity index (χ0) is 17.0.